The molecule has 3 rings (SSSR count). The average molecular weight is 282 g/mol. The number of fused-ring (bicyclic) bond motifs is 3. The Balaban J connectivity index is 2.17. The van der Waals surface area contributed by atoms with Gasteiger partial charge in [-0.3, -0.25) is 4.79 Å². The standard InChI is InChI=1S/C17H18N2O2/c1-2-18-14(17(20)21)11-19-15-9-5-3-7-12(15)13-8-4-6-10-16(13)19/h3-10,14,18H,2,11H2,1H3,(H,20,21). The number of aromatic nitrogens is 1. The molecule has 108 valence electrons. The van der Waals surface area contributed by atoms with Crippen molar-refractivity contribution in [2.75, 3.05) is 6.54 Å². The third-order valence-electron chi connectivity index (χ3n) is 3.79. The fourth-order valence-corrected chi connectivity index (χ4v) is 2.86. The van der Waals surface area contributed by atoms with Gasteiger partial charge in [0.05, 0.1) is 0 Å². The van der Waals surface area contributed by atoms with Gasteiger partial charge >= 0.3 is 5.97 Å². The van der Waals surface area contributed by atoms with Gasteiger partial charge < -0.3 is 15.0 Å². The zero-order valence-electron chi connectivity index (χ0n) is 11.9. The molecule has 2 aromatic carbocycles. The van der Waals surface area contributed by atoms with E-state index in [0.29, 0.717) is 13.1 Å². The summed E-state index contributed by atoms with van der Waals surface area (Å²) in [6.07, 6.45) is 0. The summed E-state index contributed by atoms with van der Waals surface area (Å²) in [4.78, 5) is 11.4. The highest BCUT2D eigenvalue weighted by Crippen LogP contribution is 2.28. The number of rotatable bonds is 5. The first-order valence-electron chi connectivity index (χ1n) is 7.14. The van der Waals surface area contributed by atoms with Crippen LogP contribution < -0.4 is 5.32 Å². The second kappa shape index (κ2) is 5.58. The van der Waals surface area contributed by atoms with Crippen molar-refractivity contribution >= 4 is 27.8 Å². The molecule has 3 aromatic rings. The molecule has 1 atom stereocenters. The highest BCUT2D eigenvalue weighted by molar-refractivity contribution is 6.08. The predicted molar refractivity (Wildman–Crippen MR) is 84.5 cm³/mol. The Bertz CT molecular complexity index is 738. The van der Waals surface area contributed by atoms with Gasteiger partial charge in [0.2, 0.25) is 0 Å². The molecule has 1 heterocycles. The number of aliphatic carboxylic acids is 1. The number of nitrogens with one attached hydrogen (secondary N) is 1. The molecule has 21 heavy (non-hydrogen) atoms. The molecule has 2 N–H and O–H groups in total. The minimum atomic E-state index is -0.821. The molecule has 0 spiro atoms. The summed E-state index contributed by atoms with van der Waals surface area (Å²) < 4.78 is 2.09. The molecule has 0 saturated heterocycles. The van der Waals surface area contributed by atoms with Crippen LogP contribution in [0.2, 0.25) is 0 Å². The van der Waals surface area contributed by atoms with E-state index in [1.54, 1.807) is 0 Å². The van der Waals surface area contributed by atoms with Gasteiger partial charge in [-0.05, 0) is 18.7 Å². The van der Waals surface area contributed by atoms with E-state index in [4.69, 9.17) is 0 Å². The summed E-state index contributed by atoms with van der Waals surface area (Å²) >= 11 is 0. The smallest absolute Gasteiger partial charge is 0.322 e. The number of carboxylic acids is 1. The third kappa shape index (κ3) is 2.38. The minimum Gasteiger partial charge on any atom is -0.480 e. The highest BCUT2D eigenvalue weighted by atomic mass is 16.4. The zero-order chi connectivity index (χ0) is 14.8. The molecule has 1 unspecified atom stereocenters. The van der Waals surface area contributed by atoms with E-state index in [0.717, 1.165) is 21.8 Å². The summed E-state index contributed by atoms with van der Waals surface area (Å²) in [5.74, 6) is -0.821. The molecule has 1 aromatic heterocycles. The van der Waals surface area contributed by atoms with Gasteiger partial charge in [0.25, 0.3) is 0 Å². The van der Waals surface area contributed by atoms with E-state index in [1.165, 1.54) is 0 Å². The van der Waals surface area contributed by atoms with E-state index in [1.807, 2.05) is 43.3 Å². The largest absolute Gasteiger partial charge is 0.480 e. The second-order valence-corrected chi connectivity index (χ2v) is 5.09. The summed E-state index contributed by atoms with van der Waals surface area (Å²) in [5, 5.41) is 14.7. The van der Waals surface area contributed by atoms with Crippen molar-refractivity contribution in [2.24, 2.45) is 0 Å². The first-order chi connectivity index (χ1) is 10.2. The lowest BCUT2D eigenvalue weighted by Crippen LogP contribution is -2.39. The minimum absolute atomic E-state index is 0.414. The molecule has 4 nitrogen and oxygen atoms in total. The summed E-state index contributed by atoms with van der Waals surface area (Å²) in [7, 11) is 0. The molecule has 0 saturated carbocycles. The normalized spacial score (nSPS) is 12.8. The van der Waals surface area contributed by atoms with Crippen molar-refractivity contribution in [3.05, 3.63) is 48.5 Å². The fraction of sp³-hybridized carbons (Fsp3) is 0.235. The van der Waals surface area contributed by atoms with Crippen molar-refractivity contribution in [2.45, 2.75) is 19.5 Å². The Morgan fingerprint density at radius 1 is 1.10 bits per heavy atom. The summed E-state index contributed by atoms with van der Waals surface area (Å²) in [6, 6.07) is 15.7. The lowest BCUT2D eigenvalue weighted by Gasteiger charge is -2.15. The second-order valence-electron chi connectivity index (χ2n) is 5.09. The topological polar surface area (TPSA) is 54.3 Å². The molecule has 0 aliphatic carbocycles. The average Bonchev–Trinajstić information content (AvgIpc) is 2.81. The Kier molecular flexibility index (Phi) is 3.62. The van der Waals surface area contributed by atoms with Gasteiger partial charge in [-0.25, -0.2) is 0 Å². The molecule has 0 amide bonds. The number of nitrogens with zero attached hydrogens (tertiary/aromatic N) is 1. The molecule has 0 aliphatic rings. The van der Waals surface area contributed by atoms with Crippen molar-refractivity contribution in [3.8, 4) is 0 Å². The van der Waals surface area contributed by atoms with Crippen LogP contribution in [0, 0.1) is 0 Å². The maximum Gasteiger partial charge on any atom is 0.322 e. The molecule has 0 aliphatic heterocycles. The predicted octanol–water partition coefficient (Wildman–Crippen LogP) is 2.86. The van der Waals surface area contributed by atoms with Gasteiger partial charge in [-0.2, -0.15) is 0 Å². The van der Waals surface area contributed by atoms with Crippen LogP contribution in [0.25, 0.3) is 21.8 Å². The van der Waals surface area contributed by atoms with Crippen molar-refractivity contribution in [1.82, 2.24) is 9.88 Å². The number of carbonyl (C=O) groups is 1. The number of benzene rings is 2. The Labute approximate surface area is 123 Å². The van der Waals surface area contributed by atoms with E-state index < -0.39 is 12.0 Å². The number of carboxylic acid groups (broad SMARTS) is 1. The lowest BCUT2D eigenvalue weighted by atomic mass is 10.2. The summed E-state index contributed by atoms with van der Waals surface area (Å²) in [6.45, 7) is 2.97. The van der Waals surface area contributed by atoms with Gasteiger partial charge in [0, 0.05) is 28.4 Å². The van der Waals surface area contributed by atoms with Crippen LogP contribution in [0.4, 0.5) is 0 Å². The number of hydrogen-bond acceptors (Lipinski definition) is 2. The van der Waals surface area contributed by atoms with Gasteiger partial charge in [0.15, 0.2) is 0 Å². The van der Waals surface area contributed by atoms with Crippen LogP contribution in [-0.2, 0) is 11.3 Å². The maximum absolute atomic E-state index is 11.4. The number of para-hydroxylation sites is 2. The van der Waals surface area contributed by atoms with Crippen molar-refractivity contribution < 1.29 is 9.90 Å². The maximum atomic E-state index is 11.4. The first kappa shape index (κ1) is 13.6. The highest BCUT2D eigenvalue weighted by Gasteiger charge is 2.19. The molecule has 0 radical (unpaired) electrons. The van der Waals surface area contributed by atoms with Crippen LogP contribution in [0.15, 0.2) is 48.5 Å². The lowest BCUT2D eigenvalue weighted by molar-refractivity contribution is -0.139. The monoisotopic (exact) mass is 282 g/mol. The molecular weight excluding hydrogens is 264 g/mol. The van der Waals surface area contributed by atoms with Crippen LogP contribution >= 0.6 is 0 Å². The molecule has 0 bridgehead atoms. The van der Waals surface area contributed by atoms with Crippen LogP contribution in [0.3, 0.4) is 0 Å². The van der Waals surface area contributed by atoms with Crippen LogP contribution in [0.1, 0.15) is 6.92 Å². The van der Waals surface area contributed by atoms with Gasteiger partial charge in [-0.15, -0.1) is 0 Å². The molecule has 4 heteroatoms. The SMILES string of the molecule is CCNC(Cn1c2ccccc2c2ccccc21)C(=O)O. The number of hydrogen-bond donors (Lipinski definition) is 2. The van der Waals surface area contributed by atoms with E-state index in [2.05, 4.69) is 22.0 Å². The Morgan fingerprint density at radius 3 is 2.10 bits per heavy atom. The van der Waals surface area contributed by atoms with Crippen molar-refractivity contribution in [3.63, 3.8) is 0 Å². The molecule has 0 fully saturated rings. The van der Waals surface area contributed by atoms with Crippen LogP contribution in [0.5, 0.6) is 0 Å². The fourth-order valence-electron chi connectivity index (χ4n) is 2.86. The van der Waals surface area contributed by atoms with Gasteiger partial charge in [-0.1, -0.05) is 43.3 Å². The van der Waals surface area contributed by atoms with E-state index in [9.17, 15) is 9.90 Å². The van der Waals surface area contributed by atoms with Crippen LogP contribution in [-0.4, -0.2) is 28.2 Å². The van der Waals surface area contributed by atoms with E-state index in [-0.39, 0.29) is 0 Å². The van der Waals surface area contributed by atoms with Crippen molar-refractivity contribution in [1.29, 1.82) is 0 Å². The van der Waals surface area contributed by atoms with Gasteiger partial charge in [0.1, 0.15) is 6.04 Å². The Hall–Kier alpha value is -2.33. The van der Waals surface area contributed by atoms with E-state index >= 15 is 0 Å². The zero-order valence-corrected chi connectivity index (χ0v) is 11.9. The first-order valence-corrected chi connectivity index (χ1v) is 7.14. The number of likely N-dealkylation sites (N-methyl/N-ethyl adjacent to an activating group) is 1. The third-order valence-corrected chi connectivity index (χ3v) is 3.79. The summed E-state index contributed by atoms with van der Waals surface area (Å²) in [5.41, 5.74) is 2.14. The quantitative estimate of drug-likeness (QED) is 0.756. The molecular formula is C17H18N2O2. The Morgan fingerprint density at radius 2 is 1.62 bits per heavy atom.